The molecule has 20 heavy (non-hydrogen) atoms. The third-order valence-corrected chi connectivity index (χ3v) is 3.22. The van der Waals surface area contributed by atoms with Crippen LogP contribution in [0.1, 0.15) is 20.9 Å². The predicted octanol–water partition coefficient (Wildman–Crippen LogP) is 1.52. The molecule has 2 rings (SSSR count). The molecule has 2 amide bonds. The fraction of sp³-hybridized carbons (Fsp3) is 0.231. The Balaban J connectivity index is 1.85. The van der Waals surface area contributed by atoms with E-state index >= 15 is 0 Å². The third-order valence-electron chi connectivity index (χ3n) is 2.46. The molecule has 0 atom stereocenters. The van der Waals surface area contributed by atoms with E-state index in [0.717, 1.165) is 10.6 Å². The maximum atomic E-state index is 11.8. The summed E-state index contributed by atoms with van der Waals surface area (Å²) in [6.07, 6.45) is 0. The number of hydrogen-bond donors (Lipinski definition) is 2. The summed E-state index contributed by atoms with van der Waals surface area (Å²) in [7, 11) is 0. The molecular weight excluding hydrogens is 276 g/mol. The van der Waals surface area contributed by atoms with Gasteiger partial charge in [-0.3, -0.25) is 14.9 Å². The number of anilines is 1. The van der Waals surface area contributed by atoms with Crippen LogP contribution in [-0.4, -0.2) is 28.6 Å². The van der Waals surface area contributed by atoms with Gasteiger partial charge in [0.25, 0.3) is 5.91 Å². The van der Waals surface area contributed by atoms with Gasteiger partial charge in [0.1, 0.15) is 5.01 Å². The van der Waals surface area contributed by atoms with Crippen LogP contribution >= 0.6 is 11.3 Å². The molecule has 0 saturated heterocycles. The van der Waals surface area contributed by atoms with Crippen molar-refractivity contribution in [3.8, 4) is 0 Å². The Bertz CT molecular complexity index is 639. The molecule has 1 heterocycles. The first-order chi connectivity index (χ1) is 9.54. The maximum absolute atomic E-state index is 11.8. The third kappa shape index (κ3) is 3.86. The molecule has 0 aliphatic rings. The standard InChI is InChI=1S/C13H14N4O2S/c1-8-4-3-5-10(6-8)12(19)14-7-11(18)15-13-17-16-9(2)20-13/h3-6H,7H2,1-2H3,(H,14,19)(H,15,17,18). The van der Waals surface area contributed by atoms with E-state index in [1.807, 2.05) is 13.0 Å². The van der Waals surface area contributed by atoms with Crippen molar-refractivity contribution >= 4 is 28.3 Å². The van der Waals surface area contributed by atoms with Gasteiger partial charge < -0.3 is 5.32 Å². The van der Waals surface area contributed by atoms with E-state index in [1.54, 1.807) is 25.1 Å². The van der Waals surface area contributed by atoms with E-state index in [0.29, 0.717) is 10.7 Å². The normalized spacial score (nSPS) is 10.1. The van der Waals surface area contributed by atoms with Crippen LogP contribution in [0.25, 0.3) is 0 Å². The van der Waals surface area contributed by atoms with E-state index in [9.17, 15) is 9.59 Å². The molecule has 0 saturated carbocycles. The van der Waals surface area contributed by atoms with Gasteiger partial charge in [-0.05, 0) is 26.0 Å². The average Bonchev–Trinajstić information content (AvgIpc) is 2.81. The van der Waals surface area contributed by atoms with Gasteiger partial charge >= 0.3 is 0 Å². The summed E-state index contributed by atoms with van der Waals surface area (Å²) in [6.45, 7) is 3.60. The molecule has 1 aromatic carbocycles. The Hall–Kier alpha value is -2.28. The minimum absolute atomic E-state index is 0.106. The predicted molar refractivity (Wildman–Crippen MR) is 76.8 cm³/mol. The van der Waals surface area contributed by atoms with Crippen LogP contribution in [0.2, 0.25) is 0 Å². The molecule has 0 fully saturated rings. The van der Waals surface area contributed by atoms with E-state index in [-0.39, 0.29) is 18.4 Å². The summed E-state index contributed by atoms with van der Waals surface area (Å²) in [6, 6.07) is 7.17. The number of aryl methyl sites for hydroxylation is 2. The van der Waals surface area contributed by atoms with Crippen LogP contribution in [0.15, 0.2) is 24.3 Å². The van der Waals surface area contributed by atoms with Gasteiger partial charge in [0.15, 0.2) is 0 Å². The first-order valence-electron chi connectivity index (χ1n) is 5.99. The van der Waals surface area contributed by atoms with Gasteiger partial charge in [0, 0.05) is 5.56 Å². The van der Waals surface area contributed by atoms with Gasteiger partial charge in [-0.25, -0.2) is 0 Å². The van der Waals surface area contributed by atoms with Crippen molar-refractivity contribution in [2.24, 2.45) is 0 Å². The lowest BCUT2D eigenvalue weighted by atomic mass is 10.1. The molecule has 0 bridgehead atoms. The summed E-state index contributed by atoms with van der Waals surface area (Å²) in [5, 5.41) is 13.9. The monoisotopic (exact) mass is 290 g/mol. The molecule has 0 aliphatic carbocycles. The number of carbonyl (C=O) groups is 2. The van der Waals surface area contributed by atoms with Crippen molar-refractivity contribution in [1.29, 1.82) is 0 Å². The molecule has 0 unspecified atom stereocenters. The zero-order chi connectivity index (χ0) is 14.5. The molecule has 0 spiro atoms. The van der Waals surface area contributed by atoms with Gasteiger partial charge in [0.2, 0.25) is 11.0 Å². The SMILES string of the molecule is Cc1cccc(C(=O)NCC(=O)Nc2nnc(C)s2)c1. The highest BCUT2D eigenvalue weighted by Crippen LogP contribution is 2.13. The van der Waals surface area contributed by atoms with E-state index in [2.05, 4.69) is 20.8 Å². The number of hydrogen-bond acceptors (Lipinski definition) is 5. The quantitative estimate of drug-likeness (QED) is 0.894. The van der Waals surface area contributed by atoms with Crippen molar-refractivity contribution in [2.75, 3.05) is 11.9 Å². The number of carbonyl (C=O) groups excluding carboxylic acids is 2. The van der Waals surface area contributed by atoms with Gasteiger partial charge in [-0.1, -0.05) is 29.0 Å². The largest absolute Gasteiger partial charge is 0.343 e. The van der Waals surface area contributed by atoms with Crippen LogP contribution in [0, 0.1) is 13.8 Å². The molecule has 104 valence electrons. The smallest absolute Gasteiger partial charge is 0.251 e. The van der Waals surface area contributed by atoms with Gasteiger partial charge in [-0.2, -0.15) is 0 Å². The Morgan fingerprint density at radius 1 is 1.25 bits per heavy atom. The molecular formula is C13H14N4O2S. The number of nitrogens with one attached hydrogen (secondary N) is 2. The molecule has 0 radical (unpaired) electrons. The minimum atomic E-state index is -0.331. The van der Waals surface area contributed by atoms with E-state index < -0.39 is 0 Å². The lowest BCUT2D eigenvalue weighted by molar-refractivity contribution is -0.115. The highest BCUT2D eigenvalue weighted by atomic mass is 32.1. The zero-order valence-electron chi connectivity index (χ0n) is 11.1. The maximum Gasteiger partial charge on any atom is 0.251 e. The lowest BCUT2D eigenvalue weighted by Gasteiger charge is -2.05. The fourth-order valence-electron chi connectivity index (χ4n) is 1.56. The summed E-state index contributed by atoms with van der Waals surface area (Å²) in [5.74, 6) is -0.612. The molecule has 2 N–H and O–H groups in total. The second kappa shape index (κ2) is 6.25. The van der Waals surface area contributed by atoms with Gasteiger partial charge in [-0.15, -0.1) is 10.2 Å². The molecule has 0 aliphatic heterocycles. The Kier molecular flexibility index (Phi) is 4.41. The number of amides is 2. The van der Waals surface area contributed by atoms with E-state index in [1.165, 1.54) is 11.3 Å². The average molecular weight is 290 g/mol. The topological polar surface area (TPSA) is 84.0 Å². The van der Waals surface area contributed by atoms with Crippen molar-refractivity contribution in [3.63, 3.8) is 0 Å². The highest BCUT2D eigenvalue weighted by Gasteiger charge is 2.09. The Labute approximate surface area is 120 Å². The van der Waals surface area contributed by atoms with Crippen molar-refractivity contribution in [1.82, 2.24) is 15.5 Å². The fourth-order valence-corrected chi connectivity index (χ4v) is 2.17. The van der Waals surface area contributed by atoms with Crippen LogP contribution in [-0.2, 0) is 4.79 Å². The lowest BCUT2D eigenvalue weighted by Crippen LogP contribution is -2.32. The molecule has 7 heteroatoms. The number of benzene rings is 1. The van der Waals surface area contributed by atoms with Crippen LogP contribution < -0.4 is 10.6 Å². The molecule has 6 nitrogen and oxygen atoms in total. The van der Waals surface area contributed by atoms with Crippen LogP contribution in [0.4, 0.5) is 5.13 Å². The van der Waals surface area contributed by atoms with Crippen molar-refractivity contribution in [2.45, 2.75) is 13.8 Å². The van der Waals surface area contributed by atoms with Gasteiger partial charge in [0.05, 0.1) is 6.54 Å². The summed E-state index contributed by atoms with van der Waals surface area (Å²) < 4.78 is 0. The first-order valence-corrected chi connectivity index (χ1v) is 6.81. The van der Waals surface area contributed by atoms with Crippen molar-refractivity contribution < 1.29 is 9.59 Å². The van der Waals surface area contributed by atoms with Crippen molar-refractivity contribution in [3.05, 3.63) is 40.4 Å². The summed E-state index contributed by atoms with van der Waals surface area (Å²) >= 11 is 1.28. The zero-order valence-corrected chi connectivity index (χ0v) is 12.0. The molecule has 1 aromatic heterocycles. The number of aromatic nitrogens is 2. The summed E-state index contributed by atoms with van der Waals surface area (Å²) in [4.78, 5) is 23.5. The summed E-state index contributed by atoms with van der Waals surface area (Å²) in [5.41, 5.74) is 1.52. The molecule has 2 aromatic rings. The van der Waals surface area contributed by atoms with E-state index in [4.69, 9.17) is 0 Å². The minimum Gasteiger partial charge on any atom is -0.343 e. The van der Waals surface area contributed by atoms with Crippen LogP contribution in [0.5, 0.6) is 0 Å². The first kappa shape index (κ1) is 14.1. The second-order valence-corrected chi connectivity index (χ2v) is 5.41. The number of nitrogens with zero attached hydrogens (tertiary/aromatic N) is 2. The number of rotatable bonds is 4. The Morgan fingerprint density at radius 2 is 2.05 bits per heavy atom. The highest BCUT2D eigenvalue weighted by molar-refractivity contribution is 7.15. The second-order valence-electron chi connectivity index (χ2n) is 4.23. The Morgan fingerprint density at radius 3 is 2.70 bits per heavy atom. The van der Waals surface area contributed by atoms with Crippen LogP contribution in [0.3, 0.4) is 0 Å².